The Hall–Kier alpha value is -2.01. The Balaban J connectivity index is 3.20. The van der Waals surface area contributed by atoms with Crippen molar-refractivity contribution in [3.63, 3.8) is 0 Å². The van der Waals surface area contributed by atoms with E-state index in [1.54, 1.807) is 31.4 Å². The molecule has 0 aliphatic rings. The lowest BCUT2D eigenvalue weighted by atomic mass is 10.0. The van der Waals surface area contributed by atoms with Crippen molar-refractivity contribution in [1.82, 2.24) is 5.32 Å². The van der Waals surface area contributed by atoms with Gasteiger partial charge < -0.3 is 14.2 Å². The first-order valence-corrected chi connectivity index (χ1v) is 5.82. The quantitative estimate of drug-likeness (QED) is 0.600. The Bertz CT molecular complexity index is 445. The normalized spacial score (nSPS) is 11.5. The zero-order valence-electron chi connectivity index (χ0n) is 11.4. The van der Waals surface area contributed by atoms with Gasteiger partial charge in [0.25, 0.3) is 0 Å². The molecule has 5 heteroatoms. The number of nitrogens with one attached hydrogen (secondary N) is 1. The van der Waals surface area contributed by atoms with Gasteiger partial charge in [-0.15, -0.1) is 6.58 Å². The van der Waals surface area contributed by atoms with E-state index in [-0.39, 0.29) is 0 Å². The summed E-state index contributed by atoms with van der Waals surface area (Å²) >= 11 is 0. The van der Waals surface area contributed by atoms with Crippen molar-refractivity contribution in [1.29, 1.82) is 0 Å². The summed E-state index contributed by atoms with van der Waals surface area (Å²) in [5.74, 6) is 0.680. The Morgan fingerprint density at radius 1 is 1.37 bits per heavy atom. The second-order valence-electron chi connectivity index (χ2n) is 3.74. The van der Waals surface area contributed by atoms with Crippen LogP contribution in [0.15, 0.2) is 30.9 Å². The fourth-order valence-corrected chi connectivity index (χ4v) is 1.78. The number of ether oxygens (including phenoxy) is 3. The van der Waals surface area contributed by atoms with E-state index in [1.165, 1.54) is 14.2 Å². The number of carbonyl (C=O) groups is 1. The number of esters is 1. The first kappa shape index (κ1) is 15.0. The van der Waals surface area contributed by atoms with Gasteiger partial charge in [0.05, 0.1) is 21.3 Å². The third kappa shape index (κ3) is 3.48. The van der Waals surface area contributed by atoms with E-state index < -0.39 is 12.0 Å². The lowest BCUT2D eigenvalue weighted by molar-refractivity contribution is -0.143. The average Bonchev–Trinajstić information content (AvgIpc) is 2.46. The van der Waals surface area contributed by atoms with E-state index >= 15 is 0 Å². The highest BCUT2D eigenvalue weighted by Gasteiger charge is 2.25. The van der Waals surface area contributed by atoms with Crippen LogP contribution in [-0.4, -0.2) is 33.8 Å². The molecule has 5 nitrogen and oxygen atoms in total. The number of para-hydroxylation sites is 1. The summed E-state index contributed by atoms with van der Waals surface area (Å²) in [6.45, 7) is 4.09. The second kappa shape index (κ2) is 7.43. The van der Waals surface area contributed by atoms with Gasteiger partial charge in [0.1, 0.15) is 6.04 Å². The first-order valence-electron chi connectivity index (χ1n) is 5.82. The van der Waals surface area contributed by atoms with E-state index in [0.717, 1.165) is 0 Å². The molecule has 1 rings (SSSR count). The van der Waals surface area contributed by atoms with E-state index in [2.05, 4.69) is 11.9 Å². The summed E-state index contributed by atoms with van der Waals surface area (Å²) in [7, 11) is 4.42. The standard InChI is InChI=1S/C14H19NO4/c1-5-9-15-12(14(16)19-4)10-7-6-8-11(17-2)13(10)18-3/h5-8,12,15H,1,9H2,2-4H3. The molecule has 0 saturated heterocycles. The Morgan fingerprint density at radius 3 is 2.63 bits per heavy atom. The Kier molecular flexibility index (Phi) is 5.89. The van der Waals surface area contributed by atoms with Crippen molar-refractivity contribution in [3.8, 4) is 11.5 Å². The van der Waals surface area contributed by atoms with Crippen LogP contribution in [0.25, 0.3) is 0 Å². The lowest BCUT2D eigenvalue weighted by Crippen LogP contribution is -2.30. The smallest absolute Gasteiger partial charge is 0.327 e. The molecule has 1 unspecified atom stereocenters. The molecule has 0 amide bonds. The van der Waals surface area contributed by atoms with Crippen molar-refractivity contribution >= 4 is 5.97 Å². The van der Waals surface area contributed by atoms with Gasteiger partial charge in [-0.3, -0.25) is 5.32 Å². The van der Waals surface area contributed by atoms with Crippen molar-refractivity contribution in [2.24, 2.45) is 0 Å². The molecule has 0 spiro atoms. The van der Waals surface area contributed by atoms with Gasteiger partial charge in [0, 0.05) is 12.1 Å². The van der Waals surface area contributed by atoms with Gasteiger partial charge >= 0.3 is 5.97 Å². The monoisotopic (exact) mass is 265 g/mol. The molecule has 0 aliphatic carbocycles. The van der Waals surface area contributed by atoms with Crippen LogP contribution in [0, 0.1) is 0 Å². The second-order valence-corrected chi connectivity index (χ2v) is 3.74. The highest BCUT2D eigenvalue weighted by Crippen LogP contribution is 2.34. The molecule has 19 heavy (non-hydrogen) atoms. The largest absolute Gasteiger partial charge is 0.493 e. The number of methoxy groups -OCH3 is 3. The van der Waals surface area contributed by atoms with Crippen LogP contribution >= 0.6 is 0 Å². The van der Waals surface area contributed by atoms with Crippen LogP contribution in [-0.2, 0) is 9.53 Å². The van der Waals surface area contributed by atoms with E-state index in [1.807, 2.05) is 0 Å². The molecule has 1 N–H and O–H groups in total. The highest BCUT2D eigenvalue weighted by molar-refractivity contribution is 5.79. The molecule has 104 valence electrons. The van der Waals surface area contributed by atoms with Gasteiger partial charge in [-0.2, -0.15) is 0 Å². The van der Waals surface area contributed by atoms with Crippen molar-refractivity contribution in [2.75, 3.05) is 27.9 Å². The van der Waals surface area contributed by atoms with Gasteiger partial charge in [0.2, 0.25) is 0 Å². The molecule has 1 atom stereocenters. The SMILES string of the molecule is C=CCNC(C(=O)OC)c1cccc(OC)c1OC. The maximum atomic E-state index is 11.9. The molecular formula is C14H19NO4. The minimum absolute atomic E-state index is 0.395. The van der Waals surface area contributed by atoms with Crippen LogP contribution in [0.3, 0.4) is 0 Å². The maximum absolute atomic E-state index is 11.9. The molecule has 0 saturated carbocycles. The zero-order chi connectivity index (χ0) is 14.3. The Labute approximate surface area is 113 Å². The van der Waals surface area contributed by atoms with Gasteiger partial charge in [-0.05, 0) is 6.07 Å². The minimum Gasteiger partial charge on any atom is -0.493 e. The summed E-state index contributed by atoms with van der Waals surface area (Å²) in [6.07, 6.45) is 1.67. The molecule has 0 aromatic heterocycles. The van der Waals surface area contributed by atoms with Gasteiger partial charge in [-0.25, -0.2) is 4.79 Å². The van der Waals surface area contributed by atoms with Crippen LogP contribution in [0.2, 0.25) is 0 Å². The summed E-state index contributed by atoms with van der Waals surface area (Å²) in [4.78, 5) is 11.9. The van der Waals surface area contributed by atoms with Gasteiger partial charge in [0.15, 0.2) is 11.5 Å². The summed E-state index contributed by atoms with van der Waals surface area (Å²) < 4.78 is 15.3. The third-order valence-electron chi connectivity index (χ3n) is 2.65. The molecule has 0 fully saturated rings. The predicted octanol–water partition coefficient (Wildman–Crippen LogP) is 1.69. The number of rotatable bonds is 7. The van der Waals surface area contributed by atoms with Crippen LogP contribution in [0.4, 0.5) is 0 Å². The number of hydrogen-bond donors (Lipinski definition) is 1. The molecule has 1 aromatic carbocycles. The molecule has 0 heterocycles. The summed E-state index contributed by atoms with van der Waals surface area (Å²) in [6, 6.07) is 4.72. The topological polar surface area (TPSA) is 56.8 Å². The third-order valence-corrected chi connectivity index (χ3v) is 2.65. The Morgan fingerprint density at radius 2 is 2.11 bits per heavy atom. The summed E-state index contributed by atoms with van der Waals surface area (Å²) in [5, 5.41) is 3.03. The molecular weight excluding hydrogens is 246 g/mol. The first-order chi connectivity index (χ1) is 9.19. The number of benzene rings is 1. The maximum Gasteiger partial charge on any atom is 0.327 e. The minimum atomic E-state index is -0.631. The lowest BCUT2D eigenvalue weighted by Gasteiger charge is -2.20. The zero-order valence-corrected chi connectivity index (χ0v) is 11.4. The number of hydrogen-bond acceptors (Lipinski definition) is 5. The average molecular weight is 265 g/mol. The number of carbonyl (C=O) groups excluding carboxylic acids is 1. The van der Waals surface area contributed by atoms with Crippen LogP contribution < -0.4 is 14.8 Å². The predicted molar refractivity (Wildman–Crippen MR) is 72.5 cm³/mol. The molecule has 1 aromatic rings. The highest BCUT2D eigenvalue weighted by atomic mass is 16.5. The molecule has 0 aliphatic heterocycles. The van der Waals surface area contributed by atoms with Crippen molar-refractivity contribution < 1.29 is 19.0 Å². The fourth-order valence-electron chi connectivity index (χ4n) is 1.78. The van der Waals surface area contributed by atoms with E-state index in [9.17, 15) is 4.79 Å². The van der Waals surface area contributed by atoms with Crippen LogP contribution in [0.1, 0.15) is 11.6 Å². The van der Waals surface area contributed by atoms with Crippen LogP contribution in [0.5, 0.6) is 11.5 Å². The van der Waals surface area contributed by atoms with Crippen molar-refractivity contribution in [3.05, 3.63) is 36.4 Å². The fraction of sp³-hybridized carbons (Fsp3) is 0.357. The van der Waals surface area contributed by atoms with Crippen molar-refractivity contribution in [2.45, 2.75) is 6.04 Å². The van der Waals surface area contributed by atoms with E-state index in [0.29, 0.717) is 23.6 Å². The molecule has 0 radical (unpaired) electrons. The van der Waals surface area contributed by atoms with E-state index in [4.69, 9.17) is 14.2 Å². The molecule has 0 bridgehead atoms. The summed E-state index contributed by atoms with van der Waals surface area (Å²) in [5.41, 5.74) is 0.663. The van der Waals surface area contributed by atoms with Gasteiger partial charge in [-0.1, -0.05) is 18.2 Å².